The van der Waals surface area contributed by atoms with Gasteiger partial charge in [0.15, 0.2) is 0 Å². The number of pyridine rings is 1. The lowest BCUT2D eigenvalue weighted by Gasteiger charge is -2.16. The monoisotopic (exact) mass is 345 g/mol. The molecule has 2 aromatic rings. The second-order valence-electron chi connectivity index (χ2n) is 6.25. The molecule has 26 heavy (non-hydrogen) atoms. The van der Waals surface area contributed by atoms with Crippen LogP contribution in [-0.2, 0) is 11.2 Å². The highest BCUT2D eigenvalue weighted by Crippen LogP contribution is 2.32. The van der Waals surface area contributed by atoms with Gasteiger partial charge in [0.2, 0.25) is 5.91 Å². The Hall–Kier alpha value is -3.38. The van der Waals surface area contributed by atoms with Crippen LogP contribution in [0.2, 0.25) is 0 Å². The third-order valence-electron chi connectivity index (χ3n) is 4.60. The number of nitriles is 2. The predicted molar refractivity (Wildman–Crippen MR) is 97.7 cm³/mol. The van der Waals surface area contributed by atoms with Crippen molar-refractivity contribution in [1.82, 2.24) is 9.88 Å². The highest BCUT2D eigenvalue weighted by molar-refractivity contribution is 5.81. The standard InChI is InChI=1S/C20H19N5O/c21-12-15-17(8-4-10-25-11-5-9-18(25)26)24-20(23)16(13-22)19(15)14-6-2-1-3-7-14/h1-3,6-7H,4-5,8-11H2,(H2,23,24). The molecule has 0 radical (unpaired) electrons. The Kier molecular flexibility index (Phi) is 5.15. The number of aromatic nitrogens is 1. The Balaban J connectivity index is 1.93. The molecule has 0 atom stereocenters. The van der Waals surface area contributed by atoms with Crippen molar-refractivity contribution < 1.29 is 4.79 Å². The Morgan fingerprint density at radius 3 is 2.50 bits per heavy atom. The second-order valence-corrected chi connectivity index (χ2v) is 6.25. The van der Waals surface area contributed by atoms with Crippen molar-refractivity contribution in [1.29, 1.82) is 10.5 Å². The molecule has 0 spiro atoms. The van der Waals surface area contributed by atoms with Crippen LogP contribution in [0.4, 0.5) is 5.82 Å². The molecular weight excluding hydrogens is 326 g/mol. The first-order valence-corrected chi connectivity index (χ1v) is 8.61. The summed E-state index contributed by atoms with van der Waals surface area (Å²) < 4.78 is 0. The molecule has 1 aromatic carbocycles. The van der Waals surface area contributed by atoms with Gasteiger partial charge in [0.1, 0.15) is 23.5 Å². The Morgan fingerprint density at radius 1 is 1.15 bits per heavy atom. The minimum atomic E-state index is 0.137. The molecule has 0 bridgehead atoms. The number of aryl methyl sites for hydroxylation is 1. The van der Waals surface area contributed by atoms with Crippen LogP contribution in [0.15, 0.2) is 30.3 Å². The largest absolute Gasteiger partial charge is 0.383 e. The molecule has 1 aliphatic rings. The van der Waals surface area contributed by atoms with E-state index < -0.39 is 0 Å². The van der Waals surface area contributed by atoms with Gasteiger partial charge in [-0.1, -0.05) is 30.3 Å². The van der Waals surface area contributed by atoms with Crippen LogP contribution in [0, 0.1) is 22.7 Å². The molecule has 2 N–H and O–H groups in total. The topological polar surface area (TPSA) is 107 Å². The van der Waals surface area contributed by atoms with E-state index in [4.69, 9.17) is 5.73 Å². The van der Waals surface area contributed by atoms with Gasteiger partial charge in [-0.15, -0.1) is 0 Å². The van der Waals surface area contributed by atoms with Crippen LogP contribution in [0.1, 0.15) is 36.1 Å². The van der Waals surface area contributed by atoms with Crippen molar-refractivity contribution in [3.8, 4) is 23.3 Å². The summed E-state index contributed by atoms with van der Waals surface area (Å²) in [7, 11) is 0. The number of anilines is 1. The molecule has 0 unspecified atom stereocenters. The normalized spacial score (nSPS) is 13.5. The summed E-state index contributed by atoms with van der Waals surface area (Å²) in [4.78, 5) is 17.9. The number of nitrogens with zero attached hydrogens (tertiary/aromatic N) is 4. The molecule has 0 saturated carbocycles. The van der Waals surface area contributed by atoms with Gasteiger partial charge in [-0.3, -0.25) is 4.79 Å². The minimum Gasteiger partial charge on any atom is -0.383 e. The SMILES string of the molecule is N#Cc1c(N)nc(CCCN2CCCC2=O)c(C#N)c1-c1ccccc1. The molecule has 3 rings (SSSR count). The molecule has 0 aliphatic carbocycles. The van der Waals surface area contributed by atoms with Gasteiger partial charge in [0.05, 0.1) is 11.3 Å². The third kappa shape index (κ3) is 3.36. The summed E-state index contributed by atoms with van der Waals surface area (Å²) in [5.74, 6) is 0.320. The lowest BCUT2D eigenvalue weighted by Crippen LogP contribution is -2.26. The molecule has 1 aliphatic heterocycles. The quantitative estimate of drug-likeness (QED) is 0.896. The van der Waals surface area contributed by atoms with Crippen LogP contribution < -0.4 is 5.73 Å². The molecule has 2 heterocycles. The molecule has 1 fully saturated rings. The maximum absolute atomic E-state index is 11.7. The highest BCUT2D eigenvalue weighted by atomic mass is 16.2. The van der Waals surface area contributed by atoms with E-state index >= 15 is 0 Å². The lowest BCUT2D eigenvalue weighted by molar-refractivity contribution is -0.127. The summed E-state index contributed by atoms with van der Waals surface area (Å²) in [6.45, 7) is 1.44. The number of hydrogen-bond donors (Lipinski definition) is 1. The van der Waals surface area contributed by atoms with Gasteiger partial charge < -0.3 is 10.6 Å². The number of carbonyl (C=O) groups is 1. The van der Waals surface area contributed by atoms with Gasteiger partial charge in [0, 0.05) is 25.1 Å². The summed E-state index contributed by atoms with van der Waals surface area (Å²) in [5, 5.41) is 19.2. The average Bonchev–Trinajstić information content (AvgIpc) is 3.07. The number of benzene rings is 1. The number of likely N-dealkylation sites (tertiary alicyclic amines) is 1. The summed E-state index contributed by atoms with van der Waals surface area (Å²) >= 11 is 0. The molecule has 130 valence electrons. The van der Waals surface area contributed by atoms with Crippen LogP contribution >= 0.6 is 0 Å². The zero-order valence-electron chi connectivity index (χ0n) is 14.4. The first kappa shape index (κ1) is 17.4. The summed E-state index contributed by atoms with van der Waals surface area (Å²) in [5.41, 5.74) is 8.50. The van der Waals surface area contributed by atoms with E-state index in [1.807, 2.05) is 35.2 Å². The van der Waals surface area contributed by atoms with Crippen LogP contribution in [0.25, 0.3) is 11.1 Å². The van der Waals surface area contributed by atoms with Crippen molar-refractivity contribution in [2.75, 3.05) is 18.8 Å². The van der Waals surface area contributed by atoms with E-state index in [1.54, 1.807) is 0 Å². The third-order valence-corrected chi connectivity index (χ3v) is 4.60. The molecule has 1 amide bonds. The number of nitrogens with two attached hydrogens (primary N) is 1. The van der Waals surface area contributed by atoms with Crippen LogP contribution in [0.3, 0.4) is 0 Å². The fourth-order valence-corrected chi connectivity index (χ4v) is 3.34. The summed E-state index contributed by atoms with van der Waals surface area (Å²) in [6.07, 6.45) is 2.75. The minimum absolute atomic E-state index is 0.137. The Bertz CT molecular complexity index is 909. The number of rotatable bonds is 5. The van der Waals surface area contributed by atoms with Crippen molar-refractivity contribution in [2.45, 2.75) is 25.7 Å². The van der Waals surface area contributed by atoms with Crippen molar-refractivity contribution in [3.63, 3.8) is 0 Å². The number of hydrogen-bond acceptors (Lipinski definition) is 5. The highest BCUT2D eigenvalue weighted by Gasteiger charge is 2.22. The number of nitrogen functional groups attached to an aromatic ring is 1. The first-order valence-electron chi connectivity index (χ1n) is 8.61. The molecule has 6 heteroatoms. The number of carbonyl (C=O) groups excluding carboxylic acids is 1. The van der Waals surface area contributed by atoms with E-state index in [9.17, 15) is 15.3 Å². The number of amides is 1. The zero-order chi connectivity index (χ0) is 18.5. The van der Waals surface area contributed by atoms with Gasteiger partial charge in [-0.25, -0.2) is 4.98 Å². The fourth-order valence-electron chi connectivity index (χ4n) is 3.34. The lowest BCUT2D eigenvalue weighted by atomic mass is 9.93. The Labute approximate surface area is 152 Å². The van der Waals surface area contributed by atoms with Gasteiger partial charge >= 0.3 is 0 Å². The van der Waals surface area contributed by atoms with Gasteiger partial charge in [-0.2, -0.15) is 10.5 Å². The van der Waals surface area contributed by atoms with E-state index in [2.05, 4.69) is 17.1 Å². The molecular formula is C20H19N5O. The zero-order valence-corrected chi connectivity index (χ0v) is 14.4. The van der Waals surface area contributed by atoms with Crippen LogP contribution in [-0.4, -0.2) is 28.9 Å². The van der Waals surface area contributed by atoms with E-state index in [0.717, 1.165) is 18.5 Å². The van der Waals surface area contributed by atoms with Crippen molar-refractivity contribution >= 4 is 11.7 Å². The smallest absolute Gasteiger partial charge is 0.222 e. The fraction of sp³-hybridized carbons (Fsp3) is 0.300. The van der Waals surface area contributed by atoms with E-state index in [1.165, 1.54) is 0 Å². The Morgan fingerprint density at radius 2 is 1.88 bits per heavy atom. The first-order chi connectivity index (χ1) is 12.7. The summed E-state index contributed by atoms with van der Waals surface area (Å²) in [6, 6.07) is 13.6. The van der Waals surface area contributed by atoms with Crippen molar-refractivity contribution in [3.05, 3.63) is 47.2 Å². The predicted octanol–water partition coefficient (Wildman–Crippen LogP) is 2.63. The van der Waals surface area contributed by atoms with Crippen LogP contribution in [0.5, 0.6) is 0 Å². The maximum Gasteiger partial charge on any atom is 0.222 e. The van der Waals surface area contributed by atoms with E-state index in [-0.39, 0.29) is 17.3 Å². The second kappa shape index (κ2) is 7.67. The van der Waals surface area contributed by atoms with Gasteiger partial charge in [-0.05, 0) is 24.8 Å². The van der Waals surface area contributed by atoms with Gasteiger partial charge in [0.25, 0.3) is 0 Å². The van der Waals surface area contributed by atoms with E-state index in [0.29, 0.717) is 42.6 Å². The molecule has 1 aromatic heterocycles. The molecule has 1 saturated heterocycles. The van der Waals surface area contributed by atoms with Crippen molar-refractivity contribution in [2.24, 2.45) is 0 Å². The average molecular weight is 345 g/mol. The molecule has 6 nitrogen and oxygen atoms in total. The maximum atomic E-state index is 11.7.